The second kappa shape index (κ2) is 10.3. The molecule has 0 spiro atoms. The van der Waals surface area contributed by atoms with Gasteiger partial charge in [-0.25, -0.2) is 0 Å². The molecule has 5 rings (SSSR count). The van der Waals surface area contributed by atoms with Crippen molar-refractivity contribution in [3.63, 3.8) is 0 Å². The van der Waals surface area contributed by atoms with Gasteiger partial charge in [0.1, 0.15) is 23.7 Å². The number of Topliss-reactive ketones (excluding diaryl/α,β-unsaturated/α-hetero) is 1. The van der Waals surface area contributed by atoms with Gasteiger partial charge < -0.3 is 20.9 Å². The monoisotopic (exact) mass is 554 g/mol. The normalized spacial score (nSPS) is 38.1. The van der Waals surface area contributed by atoms with Crippen LogP contribution in [0.15, 0.2) is 53.8 Å². The third-order valence-electron chi connectivity index (χ3n) is 9.80. The van der Waals surface area contributed by atoms with Gasteiger partial charge in [0.05, 0.1) is 11.5 Å². The van der Waals surface area contributed by atoms with Crippen molar-refractivity contribution >= 4 is 21.7 Å². The maximum atomic E-state index is 13.1. The van der Waals surface area contributed by atoms with Crippen molar-refractivity contribution < 1.29 is 68.5 Å². The molecule has 38 heavy (non-hydrogen) atoms. The van der Waals surface area contributed by atoms with Crippen molar-refractivity contribution in [3.8, 4) is 0 Å². The molecule has 1 aromatic carbocycles. The Bertz CT molecular complexity index is 1300. The summed E-state index contributed by atoms with van der Waals surface area (Å²) >= 11 is 0. The summed E-state index contributed by atoms with van der Waals surface area (Å²) in [6, 6.07) is 8.64. The molecule has 0 aromatic heterocycles. The predicted octanol–water partition coefficient (Wildman–Crippen LogP) is -0.452. The Morgan fingerprint density at radius 2 is 1.84 bits per heavy atom. The first-order valence-corrected chi connectivity index (χ1v) is 14.4. The van der Waals surface area contributed by atoms with E-state index in [4.69, 9.17) is 4.18 Å². The molecule has 0 amide bonds. The standard InChI is InChI=1S/C28H34O8S.Na.H/c1-26-14-22(31)25-20(21(26)10-11-28(26,33)23(32)15-29)9-8-18-12-19(30)13-24(27(18,25)2)36-37(34,35)16-17-6-4-3-5-7-17;;/h3-7,12-13,20-22,25,29,31,33H,8-11,14-16H2,1-2H3;;/q;+1;-1/t20-,21-,22-,25+,26-,27+,28-;;/m0../s1. The summed E-state index contributed by atoms with van der Waals surface area (Å²) < 4.78 is 31.9. The average Bonchev–Trinajstić information content (AvgIpc) is 3.10. The Labute approximate surface area is 247 Å². The number of carbonyl (C=O) groups excluding carboxylic acids is 2. The summed E-state index contributed by atoms with van der Waals surface area (Å²) in [6.07, 6.45) is 3.75. The number of ketones is 2. The fourth-order valence-corrected chi connectivity index (χ4v) is 9.20. The zero-order chi connectivity index (χ0) is 26.8. The molecule has 1 aromatic rings. The molecule has 0 aliphatic heterocycles. The summed E-state index contributed by atoms with van der Waals surface area (Å²) in [7, 11) is -4.11. The third-order valence-corrected chi connectivity index (χ3v) is 10.9. The van der Waals surface area contributed by atoms with Gasteiger partial charge in [0, 0.05) is 17.4 Å². The van der Waals surface area contributed by atoms with E-state index in [9.17, 15) is 33.3 Å². The number of rotatable bonds is 6. The second-order valence-corrected chi connectivity index (χ2v) is 13.1. The molecule has 0 heterocycles. The minimum absolute atomic E-state index is 0. The van der Waals surface area contributed by atoms with Gasteiger partial charge in [0.25, 0.3) is 0 Å². The number of benzene rings is 1. The van der Waals surface area contributed by atoms with E-state index < -0.39 is 51.0 Å². The molecule has 0 bridgehead atoms. The largest absolute Gasteiger partial charge is 1.00 e. The molecule has 4 aliphatic carbocycles. The maximum absolute atomic E-state index is 13.1. The van der Waals surface area contributed by atoms with E-state index in [1.54, 1.807) is 30.3 Å². The molecular formula is C28H35NaO8S. The zero-order valence-corrected chi connectivity index (χ0v) is 24.9. The van der Waals surface area contributed by atoms with Gasteiger partial charge in [-0.3, -0.25) is 9.59 Å². The van der Waals surface area contributed by atoms with Gasteiger partial charge in [-0.15, -0.1) is 0 Å². The Balaban J connectivity index is 0.00000210. The fourth-order valence-electron chi connectivity index (χ4n) is 8.05. The van der Waals surface area contributed by atoms with E-state index in [0.717, 1.165) is 5.57 Å². The number of aliphatic hydroxyl groups excluding tert-OH is 2. The number of hydrogen-bond donors (Lipinski definition) is 3. The molecule has 3 N–H and O–H groups in total. The van der Waals surface area contributed by atoms with Crippen LogP contribution in [-0.2, 0) is 29.6 Å². The third kappa shape index (κ3) is 4.48. The quantitative estimate of drug-likeness (QED) is 0.318. The first-order chi connectivity index (χ1) is 17.4. The van der Waals surface area contributed by atoms with Crippen molar-refractivity contribution in [2.75, 3.05) is 6.61 Å². The van der Waals surface area contributed by atoms with Gasteiger partial charge in [0.15, 0.2) is 11.6 Å². The van der Waals surface area contributed by atoms with Gasteiger partial charge in [0.2, 0.25) is 0 Å². The number of fused-ring (bicyclic) bond motifs is 5. The Kier molecular flexibility index (Phi) is 8.00. The zero-order valence-electron chi connectivity index (χ0n) is 23.1. The second-order valence-electron chi connectivity index (χ2n) is 11.6. The van der Waals surface area contributed by atoms with Gasteiger partial charge >= 0.3 is 39.7 Å². The van der Waals surface area contributed by atoms with Crippen LogP contribution in [0.3, 0.4) is 0 Å². The van der Waals surface area contributed by atoms with Gasteiger partial charge in [-0.05, 0) is 62.5 Å². The van der Waals surface area contributed by atoms with Crippen LogP contribution < -0.4 is 29.6 Å². The topological polar surface area (TPSA) is 138 Å². The van der Waals surface area contributed by atoms with Crippen LogP contribution in [0.5, 0.6) is 0 Å². The first-order valence-electron chi connectivity index (χ1n) is 12.8. The minimum atomic E-state index is -4.11. The van der Waals surface area contributed by atoms with Crippen LogP contribution in [0, 0.1) is 28.6 Å². The van der Waals surface area contributed by atoms with Crippen molar-refractivity contribution in [3.05, 3.63) is 59.4 Å². The van der Waals surface area contributed by atoms with Crippen molar-refractivity contribution in [2.24, 2.45) is 28.6 Å². The first kappa shape index (κ1) is 29.6. The van der Waals surface area contributed by atoms with Crippen LogP contribution in [0.4, 0.5) is 0 Å². The molecule has 3 saturated carbocycles. The summed E-state index contributed by atoms with van der Waals surface area (Å²) in [5.74, 6) is -2.07. The number of hydrogen-bond acceptors (Lipinski definition) is 8. The van der Waals surface area contributed by atoms with E-state index in [2.05, 4.69) is 0 Å². The number of allylic oxidation sites excluding steroid dienone is 3. The molecule has 4 aliphatic rings. The van der Waals surface area contributed by atoms with E-state index in [0.29, 0.717) is 24.8 Å². The smallest absolute Gasteiger partial charge is 1.00 e. The molecule has 0 saturated heterocycles. The Hall–Kier alpha value is -1.33. The molecule has 0 unspecified atom stereocenters. The van der Waals surface area contributed by atoms with Crippen molar-refractivity contribution in [1.29, 1.82) is 0 Å². The molecule has 0 radical (unpaired) electrons. The summed E-state index contributed by atoms with van der Waals surface area (Å²) in [6.45, 7) is 2.88. The van der Waals surface area contributed by atoms with E-state index in [1.807, 2.05) is 13.8 Å². The van der Waals surface area contributed by atoms with Gasteiger partial charge in [-0.1, -0.05) is 42.8 Å². The summed E-state index contributed by atoms with van der Waals surface area (Å²) in [4.78, 5) is 25.2. The Morgan fingerprint density at radius 3 is 2.50 bits per heavy atom. The fraction of sp³-hybridized carbons (Fsp3) is 0.571. The maximum Gasteiger partial charge on any atom is 1.00 e. The van der Waals surface area contributed by atoms with Gasteiger partial charge in [-0.2, -0.15) is 8.42 Å². The number of carbonyl (C=O) groups is 2. The SMILES string of the molecule is C[C@@]12C(=CC(=O)C=C1OS(=O)(=O)Cc1ccccc1)CC[C@@H]1[C@@H]2[C@@H](O)C[C@@]2(C)[C@H]1CC[C@]2(O)C(=O)CO.[H-].[Na+]. The number of aliphatic hydroxyl groups is 3. The van der Waals surface area contributed by atoms with Crippen LogP contribution in [0.1, 0.15) is 52.9 Å². The van der Waals surface area contributed by atoms with Crippen LogP contribution in [-0.4, -0.2) is 53.6 Å². The van der Waals surface area contributed by atoms with Crippen LogP contribution in [0.2, 0.25) is 0 Å². The molecule has 3 fully saturated rings. The van der Waals surface area contributed by atoms with E-state index in [1.165, 1.54) is 12.2 Å². The molecular weight excluding hydrogens is 519 g/mol. The van der Waals surface area contributed by atoms with Crippen molar-refractivity contribution in [2.45, 2.75) is 63.4 Å². The predicted molar refractivity (Wildman–Crippen MR) is 135 cm³/mol. The molecule has 7 atom stereocenters. The van der Waals surface area contributed by atoms with Crippen LogP contribution in [0.25, 0.3) is 0 Å². The molecule has 8 nitrogen and oxygen atoms in total. The average molecular weight is 555 g/mol. The summed E-state index contributed by atoms with van der Waals surface area (Å²) in [5, 5.41) is 32.5. The summed E-state index contributed by atoms with van der Waals surface area (Å²) in [5.41, 5.74) is -2.41. The van der Waals surface area contributed by atoms with Crippen LogP contribution >= 0.6 is 0 Å². The van der Waals surface area contributed by atoms with E-state index >= 15 is 0 Å². The van der Waals surface area contributed by atoms with Crippen molar-refractivity contribution in [1.82, 2.24) is 0 Å². The Morgan fingerprint density at radius 1 is 1.16 bits per heavy atom. The van der Waals surface area contributed by atoms with E-state index in [-0.39, 0.29) is 73.0 Å². The molecule has 202 valence electrons. The minimum Gasteiger partial charge on any atom is -1.00 e. The molecule has 10 heteroatoms.